The third-order valence-electron chi connectivity index (χ3n) is 4.28. The van der Waals surface area contributed by atoms with Crippen LogP contribution in [0, 0.1) is 0 Å². The van der Waals surface area contributed by atoms with E-state index in [4.69, 9.17) is 10.5 Å². The topological polar surface area (TPSA) is 96.7 Å². The van der Waals surface area contributed by atoms with Crippen LogP contribution in [0.3, 0.4) is 0 Å². The number of nitrogens with zero attached hydrogens (tertiary/aromatic N) is 1. The maximum atomic E-state index is 12.1. The largest absolute Gasteiger partial charge is 0.383 e. The van der Waals surface area contributed by atoms with Crippen molar-refractivity contribution >= 4 is 36.6 Å². The highest BCUT2D eigenvalue weighted by Gasteiger charge is 2.13. The van der Waals surface area contributed by atoms with Crippen molar-refractivity contribution in [3.05, 3.63) is 35.4 Å². The number of nitrogens with two attached hydrogens (primary N) is 1. The summed E-state index contributed by atoms with van der Waals surface area (Å²) in [5.74, 6) is -0.331. The van der Waals surface area contributed by atoms with Crippen LogP contribution in [-0.4, -0.2) is 62.7 Å². The number of rotatable bonds is 9. The fourth-order valence-corrected chi connectivity index (χ4v) is 2.79. The molecule has 0 radical (unpaired) electrons. The van der Waals surface area contributed by atoms with Gasteiger partial charge in [-0.25, -0.2) is 0 Å². The van der Waals surface area contributed by atoms with Crippen molar-refractivity contribution in [1.82, 2.24) is 15.5 Å². The molecule has 0 aliphatic carbocycles. The number of hydrogen-bond acceptors (Lipinski definition) is 5. The molecule has 0 aromatic heterocycles. The predicted octanol–water partition coefficient (Wildman–Crippen LogP) is 0.946. The lowest BCUT2D eigenvalue weighted by Gasteiger charge is -2.14. The van der Waals surface area contributed by atoms with Crippen molar-refractivity contribution in [2.24, 2.45) is 5.73 Å². The highest BCUT2D eigenvalue weighted by molar-refractivity contribution is 5.94. The first-order valence-corrected chi connectivity index (χ1v) is 8.72. The second-order valence-electron chi connectivity index (χ2n) is 6.28. The van der Waals surface area contributed by atoms with Crippen molar-refractivity contribution in [3.8, 4) is 0 Å². The first-order valence-electron chi connectivity index (χ1n) is 8.72. The summed E-state index contributed by atoms with van der Waals surface area (Å²) in [4.78, 5) is 26.2. The van der Waals surface area contributed by atoms with Gasteiger partial charge >= 0.3 is 0 Å². The van der Waals surface area contributed by atoms with Gasteiger partial charge in [-0.3, -0.25) is 9.59 Å². The Morgan fingerprint density at radius 3 is 2.37 bits per heavy atom. The van der Waals surface area contributed by atoms with Crippen molar-refractivity contribution in [2.75, 3.05) is 39.9 Å². The fraction of sp³-hybridized carbons (Fsp3) is 0.556. The Labute approximate surface area is 173 Å². The summed E-state index contributed by atoms with van der Waals surface area (Å²) in [6.07, 6.45) is 2.50. The van der Waals surface area contributed by atoms with E-state index >= 15 is 0 Å². The lowest BCUT2D eigenvalue weighted by Crippen LogP contribution is -2.43. The highest BCUT2D eigenvalue weighted by atomic mass is 35.5. The van der Waals surface area contributed by atoms with Gasteiger partial charge in [0.1, 0.15) is 6.04 Å². The molecule has 27 heavy (non-hydrogen) atoms. The first-order chi connectivity index (χ1) is 12.1. The van der Waals surface area contributed by atoms with Gasteiger partial charge in [0.15, 0.2) is 0 Å². The van der Waals surface area contributed by atoms with Gasteiger partial charge in [0.2, 0.25) is 5.91 Å². The molecule has 1 heterocycles. The summed E-state index contributed by atoms with van der Waals surface area (Å²) in [6, 6.07) is 6.52. The van der Waals surface area contributed by atoms with Crippen molar-refractivity contribution < 1.29 is 14.3 Å². The molecular weight excluding hydrogens is 391 g/mol. The maximum Gasteiger partial charge on any atom is 0.251 e. The van der Waals surface area contributed by atoms with Crippen molar-refractivity contribution in [1.29, 1.82) is 0 Å². The SMILES string of the molecule is COCC(N)C(=O)NCc1ccc(C(=O)NCCN2CCCC2)cc1.Cl.Cl. The Kier molecular flexibility index (Phi) is 13.0. The van der Waals surface area contributed by atoms with Gasteiger partial charge in [0, 0.05) is 32.3 Å². The Morgan fingerprint density at radius 1 is 1.15 bits per heavy atom. The van der Waals surface area contributed by atoms with E-state index in [1.165, 1.54) is 20.0 Å². The number of benzene rings is 1. The molecule has 0 bridgehead atoms. The van der Waals surface area contributed by atoms with Crippen LogP contribution in [0.5, 0.6) is 0 Å². The van der Waals surface area contributed by atoms with Gasteiger partial charge in [-0.05, 0) is 43.6 Å². The number of likely N-dealkylation sites (tertiary alicyclic amines) is 1. The Hall–Kier alpha value is -1.38. The third kappa shape index (κ3) is 8.90. The van der Waals surface area contributed by atoms with E-state index in [1.807, 2.05) is 12.1 Å². The standard InChI is InChI=1S/C18H28N4O3.2ClH/c1-25-13-16(19)18(24)21-12-14-4-6-15(7-5-14)17(23)20-8-11-22-9-2-3-10-22;;/h4-7,16H,2-3,8-13,19H2,1H3,(H,20,23)(H,21,24);2*1H. The number of carbonyl (C=O) groups excluding carboxylic acids is 2. The maximum absolute atomic E-state index is 12.1. The van der Waals surface area contributed by atoms with Gasteiger partial charge in [-0.2, -0.15) is 0 Å². The quantitative estimate of drug-likeness (QED) is 0.552. The minimum absolute atomic E-state index is 0. The molecule has 1 fully saturated rings. The molecule has 9 heteroatoms. The summed E-state index contributed by atoms with van der Waals surface area (Å²) in [6.45, 7) is 4.37. The summed E-state index contributed by atoms with van der Waals surface area (Å²) in [5.41, 5.74) is 7.18. The van der Waals surface area contributed by atoms with Crippen LogP contribution >= 0.6 is 24.8 Å². The van der Waals surface area contributed by atoms with Gasteiger partial charge < -0.3 is 26.0 Å². The van der Waals surface area contributed by atoms with Crippen molar-refractivity contribution in [3.63, 3.8) is 0 Å². The zero-order valence-electron chi connectivity index (χ0n) is 15.6. The summed E-state index contributed by atoms with van der Waals surface area (Å²) in [5, 5.41) is 5.69. The molecule has 7 nitrogen and oxygen atoms in total. The average molecular weight is 421 g/mol. The van der Waals surface area contributed by atoms with E-state index in [-0.39, 0.29) is 43.2 Å². The molecule has 2 amide bonds. The third-order valence-corrected chi connectivity index (χ3v) is 4.28. The Bertz CT molecular complexity index is 566. The number of methoxy groups -OCH3 is 1. The predicted molar refractivity (Wildman–Crippen MR) is 111 cm³/mol. The van der Waals surface area contributed by atoms with E-state index in [9.17, 15) is 9.59 Å². The molecule has 1 atom stereocenters. The van der Waals surface area contributed by atoms with E-state index in [0.29, 0.717) is 18.7 Å². The number of hydrogen-bond donors (Lipinski definition) is 3. The number of ether oxygens (including phenoxy) is 1. The van der Waals surface area contributed by atoms with Crippen LogP contribution in [-0.2, 0) is 16.1 Å². The highest BCUT2D eigenvalue weighted by Crippen LogP contribution is 2.06. The number of carbonyl (C=O) groups is 2. The number of nitrogens with one attached hydrogen (secondary N) is 2. The summed E-state index contributed by atoms with van der Waals surface area (Å²) < 4.78 is 4.85. The fourth-order valence-electron chi connectivity index (χ4n) is 2.79. The molecule has 0 saturated carbocycles. The number of halogens is 2. The second kappa shape index (κ2) is 13.7. The van der Waals surface area contributed by atoms with Gasteiger partial charge in [0.25, 0.3) is 5.91 Å². The Balaban J connectivity index is 0.00000338. The minimum Gasteiger partial charge on any atom is -0.383 e. The van der Waals surface area contributed by atoms with E-state index in [1.54, 1.807) is 12.1 Å². The van der Waals surface area contributed by atoms with Crippen LogP contribution in [0.2, 0.25) is 0 Å². The average Bonchev–Trinajstić information content (AvgIpc) is 3.13. The lowest BCUT2D eigenvalue weighted by molar-refractivity contribution is -0.123. The molecule has 1 unspecified atom stereocenters. The monoisotopic (exact) mass is 420 g/mol. The van der Waals surface area contributed by atoms with Gasteiger partial charge in [-0.15, -0.1) is 24.8 Å². The van der Waals surface area contributed by atoms with Crippen LogP contribution < -0.4 is 16.4 Å². The molecule has 1 saturated heterocycles. The second-order valence-corrected chi connectivity index (χ2v) is 6.28. The van der Waals surface area contributed by atoms with Crippen LogP contribution in [0.1, 0.15) is 28.8 Å². The summed E-state index contributed by atoms with van der Waals surface area (Å²) in [7, 11) is 1.50. The summed E-state index contributed by atoms with van der Waals surface area (Å²) >= 11 is 0. The molecular formula is C18H30Cl2N4O3. The van der Waals surface area contributed by atoms with Gasteiger partial charge in [0.05, 0.1) is 6.61 Å². The molecule has 0 spiro atoms. The van der Waals surface area contributed by atoms with E-state index in [2.05, 4.69) is 15.5 Å². The molecule has 154 valence electrons. The molecule has 2 rings (SSSR count). The smallest absolute Gasteiger partial charge is 0.251 e. The lowest BCUT2D eigenvalue weighted by atomic mass is 10.1. The van der Waals surface area contributed by atoms with Crippen LogP contribution in [0.4, 0.5) is 0 Å². The molecule has 4 N–H and O–H groups in total. The normalized spacial score (nSPS) is 14.6. The van der Waals surface area contributed by atoms with Crippen LogP contribution in [0.25, 0.3) is 0 Å². The molecule has 1 aliphatic heterocycles. The molecule has 1 aromatic carbocycles. The van der Waals surface area contributed by atoms with Crippen molar-refractivity contribution in [2.45, 2.75) is 25.4 Å². The van der Waals surface area contributed by atoms with Crippen LogP contribution in [0.15, 0.2) is 24.3 Å². The van der Waals surface area contributed by atoms with Gasteiger partial charge in [-0.1, -0.05) is 12.1 Å². The zero-order valence-corrected chi connectivity index (χ0v) is 17.2. The minimum atomic E-state index is -0.675. The number of amides is 2. The van der Waals surface area contributed by atoms with E-state index in [0.717, 1.165) is 25.2 Å². The zero-order chi connectivity index (χ0) is 18.1. The molecule has 1 aromatic rings. The Morgan fingerprint density at radius 2 is 1.78 bits per heavy atom. The first kappa shape index (κ1) is 25.6. The van der Waals surface area contributed by atoms with E-state index < -0.39 is 6.04 Å². The molecule has 1 aliphatic rings.